The van der Waals surface area contributed by atoms with Gasteiger partial charge < -0.3 is 4.43 Å². The van der Waals surface area contributed by atoms with Gasteiger partial charge in [0.15, 0.2) is 8.32 Å². The van der Waals surface area contributed by atoms with Gasteiger partial charge in [-0.25, -0.2) is 0 Å². The summed E-state index contributed by atoms with van der Waals surface area (Å²) in [4.78, 5) is 30.2. The van der Waals surface area contributed by atoms with Gasteiger partial charge in [0.2, 0.25) is 5.91 Å². The molecule has 2 amide bonds. The maximum atomic E-state index is 14.5. The molecule has 40 heavy (non-hydrogen) atoms. The van der Waals surface area contributed by atoms with Crippen molar-refractivity contribution < 1.29 is 14.0 Å². The smallest absolute Gasteiger partial charge is 0.260 e. The Balaban J connectivity index is 1.80. The van der Waals surface area contributed by atoms with Gasteiger partial charge in [0, 0.05) is 26.2 Å². The lowest BCUT2D eigenvalue weighted by Gasteiger charge is -2.41. The normalized spacial score (nSPS) is 23.9. The predicted octanol–water partition coefficient (Wildman–Crippen LogP) is 8.21. The Hall–Kier alpha value is -2.29. The zero-order valence-corrected chi connectivity index (χ0v) is 28.1. The number of carbonyl (C=O) groups excluding carboxylic acids is 2. The Morgan fingerprint density at radius 2 is 1.50 bits per heavy atom. The van der Waals surface area contributed by atoms with E-state index in [9.17, 15) is 9.59 Å². The zero-order chi connectivity index (χ0) is 29.5. The highest BCUT2D eigenvalue weighted by molar-refractivity contribution is 6.76. The van der Waals surface area contributed by atoms with Crippen LogP contribution in [0.2, 0.25) is 43.8 Å². The van der Waals surface area contributed by atoms with E-state index in [4.69, 9.17) is 4.43 Å². The molecule has 0 unspecified atom stereocenters. The van der Waals surface area contributed by atoms with Gasteiger partial charge in [-0.05, 0) is 67.6 Å². The molecule has 2 aliphatic rings. The minimum absolute atomic E-state index is 0.00786. The summed E-state index contributed by atoms with van der Waals surface area (Å²) in [6, 6.07) is 20.6. The predicted molar refractivity (Wildman–Crippen MR) is 171 cm³/mol. The Labute approximate surface area is 244 Å². The molecule has 0 N–H and O–H groups in total. The average Bonchev–Trinajstić information content (AvgIpc) is 3.16. The quantitative estimate of drug-likeness (QED) is 0.181. The fourth-order valence-electron chi connectivity index (χ4n) is 6.36. The molecule has 4 nitrogen and oxygen atoms in total. The van der Waals surface area contributed by atoms with Crippen LogP contribution in [0.5, 0.6) is 0 Å². The number of imide groups is 1. The van der Waals surface area contributed by atoms with Crippen LogP contribution < -0.4 is 0 Å². The molecule has 4 rings (SSSR count). The molecule has 1 saturated heterocycles. The highest BCUT2D eigenvalue weighted by atomic mass is 28.4. The van der Waals surface area contributed by atoms with Crippen LogP contribution >= 0.6 is 0 Å². The van der Waals surface area contributed by atoms with Gasteiger partial charge in [0.1, 0.15) is 0 Å². The van der Waals surface area contributed by atoms with Gasteiger partial charge in [0.25, 0.3) is 5.91 Å². The highest BCUT2D eigenvalue weighted by Crippen LogP contribution is 2.50. The largest absolute Gasteiger partial charge is 0.417 e. The van der Waals surface area contributed by atoms with Crippen molar-refractivity contribution in [3.05, 3.63) is 82.9 Å². The van der Waals surface area contributed by atoms with Crippen molar-refractivity contribution in [3.63, 3.8) is 0 Å². The summed E-state index contributed by atoms with van der Waals surface area (Å²) >= 11 is 0. The number of carbonyl (C=O) groups is 2. The first kappa shape index (κ1) is 30.7. The second-order valence-electron chi connectivity index (χ2n) is 14.7. The van der Waals surface area contributed by atoms with Gasteiger partial charge in [-0.3, -0.25) is 14.5 Å². The van der Waals surface area contributed by atoms with Crippen LogP contribution in [-0.2, 0) is 15.6 Å². The van der Waals surface area contributed by atoms with E-state index in [1.54, 1.807) is 4.90 Å². The topological polar surface area (TPSA) is 46.6 Å². The molecular formula is C34H49NO3Si2. The molecule has 2 aromatic rings. The Kier molecular flexibility index (Phi) is 8.84. The lowest BCUT2D eigenvalue weighted by molar-refractivity contribution is -0.131. The third-order valence-corrected chi connectivity index (χ3v) is 15.5. The summed E-state index contributed by atoms with van der Waals surface area (Å²) in [6.45, 7) is 21.5. The van der Waals surface area contributed by atoms with Crippen molar-refractivity contribution in [3.8, 4) is 0 Å². The molecule has 6 heteroatoms. The molecule has 0 saturated carbocycles. The standard InChI is InChI=1S/C34H49NO3Si2/c1-24-28(23-39(5,6)7)21-27(22-38-40(8,9)34(2,3)4)31-30(24)29(20-25-16-12-10-13-17-25)35(33(31)37)32(36)26-18-14-11-15-19-26/h10-19,27,29-31H,20-23H2,1-9H3/t27-,29-,30-,31+/m1/s1. The fourth-order valence-corrected chi connectivity index (χ4v) is 9.13. The number of benzene rings is 2. The number of hydrogen-bond acceptors (Lipinski definition) is 3. The molecule has 0 radical (unpaired) electrons. The van der Waals surface area contributed by atoms with Crippen molar-refractivity contribution in [1.82, 2.24) is 4.90 Å². The third-order valence-electron chi connectivity index (χ3n) is 9.47. The second kappa shape index (κ2) is 11.5. The van der Waals surface area contributed by atoms with E-state index in [2.05, 4.69) is 72.6 Å². The minimum atomic E-state index is -2.01. The lowest BCUT2D eigenvalue weighted by Crippen LogP contribution is -2.44. The number of fused-ring (bicyclic) bond motifs is 1. The van der Waals surface area contributed by atoms with Crippen LogP contribution in [0.1, 0.15) is 50.0 Å². The van der Waals surface area contributed by atoms with Gasteiger partial charge in [0.05, 0.1) is 12.0 Å². The number of amides is 2. The molecule has 1 aliphatic carbocycles. The minimum Gasteiger partial charge on any atom is -0.417 e. The van der Waals surface area contributed by atoms with Crippen LogP contribution in [0.15, 0.2) is 71.8 Å². The Morgan fingerprint density at radius 3 is 2.05 bits per heavy atom. The fraction of sp³-hybridized carbons (Fsp3) is 0.529. The highest BCUT2D eigenvalue weighted by Gasteiger charge is 2.56. The van der Waals surface area contributed by atoms with Crippen LogP contribution in [0.3, 0.4) is 0 Å². The number of hydrogen-bond donors (Lipinski definition) is 0. The number of allylic oxidation sites excluding steroid dienone is 1. The van der Waals surface area contributed by atoms with E-state index in [-0.39, 0.29) is 40.6 Å². The van der Waals surface area contributed by atoms with Gasteiger partial charge in [-0.15, -0.1) is 0 Å². The molecule has 216 valence electrons. The molecule has 0 spiro atoms. The second-order valence-corrected chi connectivity index (χ2v) is 25.0. The van der Waals surface area contributed by atoms with E-state index < -0.39 is 16.4 Å². The lowest BCUT2D eigenvalue weighted by atomic mass is 9.68. The van der Waals surface area contributed by atoms with Crippen LogP contribution in [0, 0.1) is 17.8 Å². The molecule has 4 atom stereocenters. The van der Waals surface area contributed by atoms with Gasteiger partial charge in [-0.2, -0.15) is 0 Å². The molecule has 0 aromatic heterocycles. The average molecular weight is 576 g/mol. The summed E-state index contributed by atoms with van der Waals surface area (Å²) in [6.07, 6.45) is 1.56. The van der Waals surface area contributed by atoms with E-state index >= 15 is 0 Å². The molecular weight excluding hydrogens is 527 g/mol. The summed E-state index contributed by atoms with van der Waals surface area (Å²) in [5.41, 5.74) is 4.58. The van der Waals surface area contributed by atoms with Crippen molar-refractivity contribution in [2.24, 2.45) is 17.8 Å². The van der Waals surface area contributed by atoms with Crippen LogP contribution in [0.4, 0.5) is 0 Å². The summed E-state index contributed by atoms with van der Waals surface area (Å²) in [5.74, 6) is -0.349. The van der Waals surface area contributed by atoms with Crippen molar-refractivity contribution in [1.29, 1.82) is 0 Å². The van der Waals surface area contributed by atoms with Crippen LogP contribution in [0.25, 0.3) is 0 Å². The zero-order valence-electron chi connectivity index (χ0n) is 26.1. The molecule has 1 aliphatic heterocycles. The summed E-state index contributed by atoms with van der Waals surface area (Å²) in [5, 5.41) is 0.0960. The third kappa shape index (κ3) is 6.45. The first-order chi connectivity index (χ1) is 18.6. The molecule has 2 aromatic carbocycles. The van der Waals surface area contributed by atoms with E-state index in [1.165, 1.54) is 11.1 Å². The first-order valence-electron chi connectivity index (χ1n) is 14.9. The Bertz CT molecular complexity index is 1240. The van der Waals surface area contributed by atoms with E-state index in [0.717, 1.165) is 18.0 Å². The first-order valence-corrected chi connectivity index (χ1v) is 21.5. The maximum absolute atomic E-state index is 14.5. The molecule has 1 fully saturated rings. The number of likely N-dealkylation sites (tertiary alicyclic amines) is 1. The SMILES string of the molecule is CC1=C(C[Si](C)(C)C)C[C@H](CO[Si](C)(C)C(C)(C)C)[C@@H]2C(=O)N(C(=O)c3ccccc3)[C@H](Cc3ccccc3)[C@@H]12. The van der Waals surface area contributed by atoms with Gasteiger partial charge in [-0.1, -0.05) is 100 Å². The summed E-state index contributed by atoms with van der Waals surface area (Å²) < 4.78 is 6.81. The number of rotatable bonds is 8. The van der Waals surface area contributed by atoms with E-state index in [0.29, 0.717) is 18.6 Å². The van der Waals surface area contributed by atoms with Crippen molar-refractivity contribution in [2.75, 3.05) is 6.61 Å². The van der Waals surface area contributed by atoms with Gasteiger partial charge >= 0.3 is 0 Å². The number of nitrogens with zero attached hydrogens (tertiary/aromatic N) is 1. The van der Waals surface area contributed by atoms with Crippen molar-refractivity contribution in [2.45, 2.75) is 90.4 Å². The molecule has 1 heterocycles. The monoisotopic (exact) mass is 575 g/mol. The maximum Gasteiger partial charge on any atom is 0.260 e. The molecule has 0 bridgehead atoms. The Morgan fingerprint density at radius 1 is 0.925 bits per heavy atom. The van der Waals surface area contributed by atoms with Crippen molar-refractivity contribution >= 4 is 28.2 Å². The summed E-state index contributed by atoms with van der Waals surface area (Å²) in [7, 11) is -3.42. The van der Waals surface area contributed by atoms with E-state index in [1.807, 2.05) is 48.5 Å². The van der Waals surface area contributed by atoms with Crippen LogP contribution in [-0.4, -0.2) is 45.8 Å².